The molecule has 0 aromatic heterocycles. The summed E-state index contributed by atoms with van der Waals surface area (Å²) in [4.78, 5) is 17.1. The van der Waals surface area contributed by atoms with Gasteiger partial charge in [0.15, 0.2) is 0 Å². The van der Waals surface area contributed by atoms with Crippen LogP contribution in [-0.4, -0.2) is 72.7 Å². The van der Waals surface area contributed by atoms with Gasteiger partial charge in [-0.2, -0.15) is 0 Å². The zero-order valence-electron chi connectivity index (χ0n) is 12.8. The van der Waals surface area contributed by atoms with Crippen molar-refractivity contribution < 1.29 is 9.90 Å². The quantitative estimate of drug-likeness (QED) is 0.779. The van der Waals surface area contributed by atoms with Crippen LogP contribution in [0.1, 0.15) is 32.6 Å². The molecule has 1 amide bonds. The zero-order valence-corrected chi connectivity index (χ0v) is 12.8. The highest BCUT2D eigenvalue weighted by molar-refractivity contribution is 5.79. The monoisotopic (exact) mass is 283 g/mol. The van der Waals surface area contributed by atoms with Crippen LogP contribution in [0.25, 0.3) is 0 Å². The van der Waals surface area contributed by atoms with Gasteiger partial charge in [-0.25, -0.2) is 0 Å². The summed E-state index contributed by atoms with van der Waals surface area (Å²) in [5.74, 6) is 0.402. The van der Waals surface area contributed by atoms with Crippen LogP contribution in [0.15, 0.2) is 0 Å². The number of hydrogen-bond donors (Lipinski definition) is 2. The van der Waals surface area contributed by atoms with Crippen LogP contribution in [-0.2, 0) is 4.79 Å². The van der Waals surface area contributed by atoms with Gasteiger partial charge in [0.05, 0.1) is 6.61 Å². The van der Waals surface area contributed by atoms with Crippen molar-refractivity contribution in [1.82, 2.24) is 15.1 Å². The van der Waals surface area contributed by atoms with Crippen molar-refractivity contribution in [3.05, 3.63) is 0 Å². The Morgan fingerprint density at radius 3 is 2.65 bits per heavy atom. The van der Waals surface area contributed by atoms with Gasteiger partial charge in [0.25, 0.3) is 0 Å². The van der Waals surface area contributed by atoms with Crippen LogP contribution in [0.3, 0.4) is 0 Å². The largest absolute Gasteiger partial charge is 0.395 e. The highest BCUT2D eigenvalue weighted by Gasteiger charge is 2.33. The van der Waals surface area contributed by atoms with E-state index in [-0.39, 0.29) is 18.4 Å². The van der Waals surface area contributed by atoms with Crippen molar-refractivity contribution in [1.29, 1.82) is 0 Å². The third-order valence-corrected chi connectivity index (χ3v) is 4.73. The number of hydrogen-bond acceptors (Lipinski definition) is 4. The normalized spacial score (nSPS) is 29.4. The molecule has 2 rings (SSSR count). The van der Waals surface area contributed by atoms with Crippen LogP contribution in [0.4, 0.5) is 0 Å². The van der Waals surface area contributed by atoms with Crippen molar-refractivity contribution in [3.8, 4) is 0 Å². The number of nitrogens with one attached hydrogen (secondary N) is 1. The van der Waals surface area contributed by atoms with E-state index in [1.165, 1.54) is 0 Å². The molecule has 116 valence electrons. The van der Waals surface area contributed by atoms with Gasteiger partial charge < -0.3 is 20.2 Å². The Labute approximate surface area is 122 Å². The summed E-state index contributed by atoms with van der Waals surface area (Å²) in [6.07, 6.45) is 3.91. The summed E-state index contributed by atoms with van der Waals surface area (Å²) in [6, 6.07) is 0.738. The van der Waals surface area contributed by atoms with Crippen LogP contribution in [0.5, 0.6) is 0 Å². The lowest BCUT2D eigenvalue weighted by Gasteiger charge is -2.40. The van der Waals surface area contributed by atoms with E-state index >= 15 is 0 Å². The van der Waals surface area contributed by atoms with Crippen LogP contribution in [0, 0.1) is 5.92 Å². The van der Waals surface area contributed by atoms with E-state index in [0.29, 0.717) is 18.6 Å². The summed E-state index contributed by atoms with van der Waals surface area (Å²) in [5.41, 5.74) is 0. The molecule has 0 bridgehead atoms. The Hall–Kier alpha value is -0.650. The molecule has 2 saturated heterocycles. The van der Waals surface area contributed by atoms with Gasteiger partial charge in [-0.1, -0.05) is 0 Å². The predicted molar refractivity (Wildman–Crippen MR) is 79.5 cm³/mol. The topological polar surface area (TPSA) is 55.8 Å². The molecule has 20 heavy (non-hydrogen) atoms. The van der Waals surface area contributed by atoms with E-state index in [4.69, 9.17) is 0 Å². The van der Waals surface area contributed by atoms with Crippen molar-refractivity contribution in [2.24, 2.45) is 5.92 Å². The molecule has 5 heteroatoms. The molecule has 2 heterocycles. The smallest absolute Gasteiger partial charge is 0.226 e. The number of amides is 1. The molecule has 0 aromatic carbocycles. The van der Waals surface area contributed by atoms with Crippen LogP contribution < -0.4 is 5.32 Å². The third-order valence-electron chi connectivity index (χ3n) is 4.73. The van der Waals surface area contributed by atoms with E-state index in [2.05, 4.69) is 24.2 Å². The maximum atomic E-state index is 12.8. The fraction of sp³-hybridized carbons (Fsp3) is 0.933. The number of rotatable bonds is 4. The number of likely N-dealkylation sites (tertiary alicyclic amines) is 1. The molecule has 0 aliphatic carbocycles. The highest BCUT2D eigenvalue weighted by atomic mass is 16.3. The van der Waals surface area contributed by atoms with Crippen LogP contribution in [0.2, 0.25) is 0 Å². The number of aliphatic hydroxyl groups excluding tert-OH is 1. The molecule has 2 unspecified atom stereocenters. The average Bonchev–Trinajstić information content (AvgIpc) is 2.45. The molecule has 2 atom stereocenters. The van der Waals surface area contributed by atoms with E-state index in [9.17, 15) is 9.90 Å². The minimum Gasteiger partial charge on any atom is -0.395 e. The van der Waals surface area contributed by atoms with Gasteiger partial charge in [-0.3, -0.25) is 4.79 Å². The maximum absolute atomic E-state index is 12.8. The molecule has 2 fully saturated rings. The standard InChI is InChI=1S/C15H29N3O2/c1-12-11-13(3-6-16-12)15(20)18(9-10-19)14-4-7-17(2)8-5-14/h12-14,16,19H,3-11H2,1-2H3. The molecule has 0 spiro atoms. The summed E-state index contributed by atoms with van der Waals surface area (Å²) >= 11 is 0. The lowest BCUT2D eigenvalue weighted by molar-refractivity contribution is -0.140. The molecule has 0 saturated carbocycles. The maximum Gasteiger partial charge on any atom is 0.226 e. The molecule has 0 radical (unpaired) electrons. The van der Waals surface area contributed by atoms with Gasteiger partial charge in [0.2, 0.25) is 5.91 Å². The van der Waals surface area contributed by atoms with Gasteiger partial charge in [-0.05, 0) is 59.3 Å². The molecular formula is C15H29N3O2. The first-order valence-corrected chi connectivity index (χ1v) is 7.95. The first kappa shape index (κ1) is 15.7. The van der Waals surface area contributed by atoms with Crippen LogP contribution >= 0.6 is 0 Å². The van der Waals surface area contributed by atoms with Gasteiger partial charge in [0.1, 0.15) is 0 Å². The molecule has 5 nitrogen and oxygen atoms in total. The second-order valence-electron chi connectivity index (χ2n) is 6.37. The molecule has 2 N–H and O–H groups in total. The minimum absolute atomic E-state index is 0.0681. The van der Waals surface area contributed by atoms with E-state index in [1.54, 1.807) is 0 Å². The Bertz CT molecular complexity index is 316. The lowest BCUT2D eigenvalue weighted by atomic mass is 9.90. The number of aliphatic hydroxyl groups is 1. The Balaban J connectivity index is 1.97. The number of piperidine rings is 2. The van der Waals surface area contributed by atoms with E-state index in [1.807, 2.05) is 4.90 Å². The minimum atomic E-state index is 0.0681. The Morgan fingerprint density at radius 2 is 2.05 bits per heavy atom. The second-order valence-corrected chi connectivity index (χ2v) is 6.37. The molecule has 2 aliphatic heterocycles. The average molecular weight is 283 g/mol. The summed E-state index contributed by atoms with van der Waals surface area (Å²) in [7, 11) is 2.13. The van der Waals surface area contributed by atoms with Gasteiger partial charge in [-0.15, -0.1) is 0 Å². The second kappa shape index (κ2) is 7.38. The fourth-order valence-electron chi connectivity index (χ4n) is 3.48. The summed E-state index contributed by atoms with van der Waals surface area (Å²) in [6.45, 7) is 5.72. The number of nitrogens with zero attached hydrogens (tertiary/aromatic N) is 2. The zero-order chi connectivity index (χ0) is 14.5. The summed E-state index contributed by atoms with van der Waals surface area (Å²) < 4.78 is 0. The number of carbonyl (C=O) groups is 1. The molecule has 2 aliphatic rings. The third kappa shape index (κ3) is 3.93. The van der Waals surface area contributed by atoms with E-state index in [0.717, 1.165) is 45.3 Å². The Morgan fingerprint density at radius 1 is 1.35 bits per heavy atom. The van der Waals surface area contributed by atoms with Crippen molar-refractivity contribution in [2.45, 2.75) is 44.7 Å². The Kier molecular flexibility index (Phi) is 5.81. The van der Waals surface area contributed by atoms with Crippen molar-refractivity contribution in [3.63, 3.8) is 0 Å². The number of carbonyl (C=O) groups excluding carboxylic acids is 1. The summed E-state index contributed by atoms with van der Waals surface area (Å²) in [5, 5.41) is 12.7. The lowest BCUT2D eigenvalue weighted by Crippen LogP contribution is -2.51. The van der Waals surface area contributed by atoms with Crippen molar-refractivity contribution >= 4 is 5.91 Å². The van der Waals surface area contributed by atoms with Crippen molar-refractivity contribution in [2.75, 3.05) is 39.8 Å². The van der Waals surface area contributed by atoms with E-state index < -0.39 is 0 Å². The molecule has 0 aromatic rings. The first-order valence-electron chi connectivity index (χ1n) is 7.95. The predicted octanol–water partition coefficient (Wildman–Crippen LogP) is 0.290. The fourth-order valence-corrected chi connectivity index (χ4v) is 3.48. The van der Waals surface area contributed by atoms with Gasteiger partial charge in [0, 0.05) is 24.5 Å². The first-order chi connectivity index (χ1) is 9.61. The SMILES string of the molecule is CC1CC(C(=O)N(CCO)C2CCN(C)CC2)CCN1. The van der Waals surface area contributed by atoms with Gasteiger partial charge >= 0.3 is 0 Å². The highest BCUT2D eigenvalue weighted by Crippen LogP contribution is 2.23. The molecular weight excluding hydrogens is 254 g/mol.